The predicted molar refractivity (Wildman–Crippen MR) is 90.5 cm³/mol. The molecule has 3 N–H and O–H groups in total. The standard InChI is InChI=1S/C18H17NOS/c19-16-8-5-14(6-9-16)18(20)12-21-17-10-7-13-3-1-2-4-15(13)11-17/h1-11,18,20H,12,19H2. The highest BCUT2D eigenvalue weighted by atomic mass is 32.2. The lowest BCUT2D eigenvalue weighted by atomic mass is 10.1. The summed E-state index contributed by atoms with van der Waals surface area (Å²) in [6, 6.07) is 22.1. The smallest absolute Gasteiger partial charge is 0.0883 e. The van der Waals surface area contributed by atoms with Gasteiger partial charge in [0.1, 0.15) is 0 Å². The van der Waals surface area contributed by atoms with Gasteiger partial charge in [-0.3, -0.25) is 0 Å². The molecule has 0 aliphatic carbocycles. The number of anilines is 1. The Morgan fingerprint density at radius 2 is 1.62 bits per heavy atom. The third-order valence-electron chi connectivity index (χ3n) is 3.45. The summed E-state index contributed by atoms with van der Waals surface area (Å²) in [5.41, 5.74) is 7.27. The van der Waals surface area contributed by atoms with Crippen molar-refractivity contribution >= 4 is 28.2 Å². The molecule has 0 aliphatic heterocycles. The molecule has 3 aromatic rings. The maximum atomic E-state index is 10.2. The van der Waals surface area contributed by atoms with Crippen LogP contribution >= 0.6 is 11.8 Å². The van der Waals surface area contributed by atoms with E-state index in [0.717, 1.165) is 5.56 Å². The van der Waals surface area contributed by atoms with E-state index in [1.807, 2.05) is 36.4 Å². The highest BCUT2D eigenvalue weighted by Gasteiger charge is 2.08. The Morgan fingerprint density at radius 1 is 0.905 bits per heavy atom. The fourth-order valence-corrected chi connectivity index (χ4v) is 3.16. The summed E-state index contributed by atoms with van der Waals surface area (Å²) in [4.78, 5) is 1.17. The van der Waals surface area contributed by atoms with Crippen molar-refractivity contribution in [2.24, 2.45) is 0 Å². The largest absolute Gasteiger partial charge is 0.399 e. The monoisotopic (exact) mass is 295 g/mol. The van der Waals surface area contributed by atoms with Gasteiger partial charge in [-0.25, -0.2) is 0 Å². The molecule has 0 amide bonds. The molecule has 0 bridgehead atoms. The highest BCUT2D eigenvalue weighted by molar-refractivity contribution is 7.99. The average molecular weight is 295 g/mol. The Kier molecular flexibility index (Phi) is 4.13. The third-order valence-corrected chi connectivity index (χ3v) is 4.52. The first-order chi connectivity index (χ1) is 10.2. The number of hydrogen-bond acceptors (Lipinski definition) is 3. The summed E-state index contributed by atoms with van der Waals surface area (Å²) >= 11 is 1.66. The number of thioether (sulfide) groups is 1. The minimum Gasteiger partial charge on any atom is -0.399 e. The number of fused-ring (bicyclic) bond motifs is 1. The molecule has 0 saturated carbocycles. The van der Waals surface area contributed by atoms with E-state index in [1.165, 1.54) is 15.7 Å². The Balaban J connectivity index is 1.69. The number of benzene rings is 3. The third kappa shape index (κ3) is 3.38. The molecule has 106 valence electrons. The highest BCUT2D eigenvalue weighted by Crippen LogP contribution is 2.27. The molecule has 0 radical (unpaired) electrons. The van der Waals surface area contributed by atoms with Gasteiger partial charge < -0.3 is 10.8 Å². The lowest BCUT2D eigenvalue weighted by Gasteiger charge is -2.11. The van der Waals surface area contributed by atoms with Gasteiger partial charge in [-0.15, -0.1) is 11.8 Å². The zero-order valence-corrected chi connectivity index (χ0v) is 12.4. The van der Waals surface area contributed by atoms with Crippen LogP contribution in [0.3, 0.4) is 0 Å². The lowest BCUT2D eigenvalue weighted by molar-refractivity contribution is 0.204. The van der Waals surface area contributed by atoms with E-state index in [2.05, 4.69) is 30.3 Å². The molecule has 0 spiro atoms. The first-order valence-electron chi connectivity index (χ1n) is 6.87. The van der Waals surface area contributed by atoms with Crippen LogP contribution in [0.25, 0.3) is 10.8 Å². The van der Waals surface area contributed by atoms with Gasteiger partial charge in [-0.05, 0) is 40.6 Å². The number of hydrogen-bond donors (Lipinski definition) is 2. The summed E-state index contributed by atoms with van der Waals surface area (Å²) in [7, 11) is 0. The number of rotatable bonds is 4. The summed E-state index contributed by atoms with van der Waals surface area (Å²) in [6.07, 6.45) is -0.484. The maximum absolute atomic E-state index is 10.2. The van der Waals surface area contributed by atoms with E-state index in [-0.39, 0.29) is 0 Å². The second kappa shape index (κ2) is 6.20. The zero-order chi connectivity index (χ0) is 14.7. The molecule has 21 heavy (non-hydrogen) atoms. The lowest BCUT2D eigenvalue weighted by Crippen LogP contribution is -2.00. The van der Waals surface area contributed by atoms with E-state index in [1.54, 1.807) is 11.8 Å². The molecule has 0 saturated heterocycles. The van der Waals surface area contributed by atoms with Crippen LogP contribution in [0.5, 0.6) is 0 Å². The molecule has 0 aromatic heterocycles. The first-order valence-corrected chi connectivity index (χ1v) is 7.86. The molecular weight excluding hydrogens is 278 g/mol. The van der Waals surface area contributed by atoms with Gasteiger partial charge in [0.25, 0.3) is 0 Å². The minimum absolute atomic E-state index is 0.484. The van der Waals surface area contributed by atoms with Crippen molar-refractivity contribution in [1.82, 2.24) is 0 Å². The van der Waals surface area contributed by atoms with Gasteiger partial charge in [-0.2, -0.15) is 0 Å². The number of nitrogen functional groups attached to an aromatic ring is 1. The molecule has 3 aromatic carbocycles. The topological polar surface area (TPSA) is 46.2 Å². The van der Waals surface area contributed by atoms with Crippen molar-refractivity contribution in [3.8, 4) is 0 Å². The summed E-state index contributed by atoms with van der Waals surface area (Å²) in [6.45, 7) is 0. The molecule has 0 fully saturated rings. The van der Waals surface area contributed by atoms with Gasteiger partial charge in [0.05, 0.1) is 6.10 Å². The maximum Gasteiger partial charge on any atom is 0.0883 e. The normalized spacial score (nSPS) is 12.4. The molecule has 3 heteroatoms. The Bertz CT molecular complexity index is 740. The van der Waals surface area contributed by atoms with Crippen molar-refractivity contribution in [3.05, 3.63) is 72.3 Å². The second-order valence-corrected chi connectivity index (χ2v) is 6.10. The van der Waals surface area contributed by atoms with Crippen LogP contribution in [0.2, 0.25) is 0 Å². The van der Waals surface area contributed by atoms with E-state index in [0.29, 0.717) is 11.4 Å². The molecule has 0 aliphatic rings. The van der Waals surface area contributed by atoms with Crippen molar-refractivity contribution in [1.29, 1.82) is 0 Å². The Labute approximate surface area is 128 Å². The average Bonchev–Trinajstić information content (AvgIpc) is 2.53. The van der Waals surface area contributed by atoms with Crippen LogP contribution in [0.15, 0.2) is 71.6 Å². The fourth-order valence-electron chi connectivity index (χ4n) is 2.25. The van der Waals surface area contributed by atoms with Crippen LogP contribution in [0.1, 0.15) is 11.7 Å². The van der Waals surface area contributed by atoms with Crippen molar-refractivity contribution in [3.63, 3.8) is 0 Å². The van der Waals surface area contributed by atoms with E-state index in [4.69, 9.17) is 5.73 Å². The van der Waals surface area contributed by atoms with Crippen molar-refractivity contribution in [2.45, 2.75) is 11.0 Å². The van der Waals surface area contributed by atoms with Gasteiger partial charge in [-0.1, -0.05) is 42.5 Å². The van der Waals surface area contributed by atoms with Crippen molar-refractivity contribution in [2.75, 3.05) is 11.5 Å². The number of nitrogens with two attached hydrogens (primary N) is 1. The summed E-state index contributed by atoms with van der Waals surface area (Å²) in [5.74, 6) is 0.627. The Morgan fingerprint density at radius 3 is 2.38 bits per heavy atom. The fraction of sp³-hybridized carbons (Fsp3) is 0.111. The minimum atomic E-state index is -0.484. The van der Waals surface area contributed by atoms with E-state index >= 15 is 0 Å². The van der Waals surface area contributed by atoms with Gasteiger partial charge >= 0.3 is 0 Å². The first kappa shape index (κ1) is 14.0. The van der Waals surface area contributed by atoms with Crippen LogP contribution in [-0.4, -0.2) is 10.9 Å². The van der Waals surface area contributed by atoms with E-state index < -0.39 is 6.10 Å². The number of aliphatic hydroxyl groups is 1. The molecule has 1 unspecified atom stereocenters. The Hall–Kier alpha value is -1.97. The van der Waals surface area contributed by atoms with E-state index in [9.17, 15) is 5.11 Å². The van der Waals surface area contributed by atoms with Gasteiger partial charge in [0, 0.05) is 16.3 Å². The van der Waals surface area contributed by atoms with Crippen LogP contribution in [-0.2, 0) is 0 Å². The van der Waals surface area contributed by atoms with Crippen LogP contribution < -0.4 is 5.73 Å². The molecule has 1 atom stereocenters. The summed E-state index contributed by atoms with van der Waals surface area (Å²) < 4.78 is 0. The van der Waals surface area contributed by atoms with Crippen molar-refractivity contribution < 1.29 is 5.11 Å². The number of aliphatic hydroxyl groups excluding tert-OH is 1. The molecule has 0 heterocycles. The molecule has 3 rings (SSSR count). The molecular formula is C18H17NOS. The SMILES string of the molecule is Nc1ccc(C(O)CSc2ccc3ccccc3c2)cc1. The second-order valence-electron chi connectivity index (χ2n) is 5.00. The van der Waals surface area contributed by atoms with Crippen LogP contribution in [0.4, 0.5) is 5.69 Å². The summed E-state index contributed by atoms with van der Waals surface area (Å²) in [5, 5.41) is 12.7. The van der Waals surface area contributed by atoms with Gasteiger partial charge in [0.2, 0.25) is 0 Å². The predicted octanol–water partition coefficient (Wildman–Crippen LogP) is 4.25. The quantitative estimate of drug-likeness (QED) is 0.559. The van der Waals surface area contributed by atoms with Crippen LogP contribution in [0, 0.1) is 0 Å². The molecule has 2 nitrogen and oxygen atoms in total. The zero-order valence-electron chi connectivity index (χ0n) is 11.6. The van der Waals surface area contributed by atoms with Gasteiger partial charge in [0.15, 0.2) is 0 Å².